The molecule has 0 radical (unpaired) electrons. The molecule has 0 bridgehead atoms. The van der Waals surface area contributed by atoms with Crippen molar-refractivity contribution >= 4 is 36.0 Å². The number of halogens is 1. The molecule has 24 heavy (non-hydrogen) atoms. The van der Waals surface area contributed by atoms with Gasteiger partial charge in [-0.05, 0) is 53.1 Å². The second-order valence-corrected chi connectivity index (χ2v) is 6.86. The highest BCUT2D eigenvalue weighted by molar-refractivity contribution is 14.0. The number of nitrogens with zero attached hydrogens (tertiary/aromatic N) is 2. The number of guanidine groups is 1. The van der Waals surface area contributed by atoms with E-state index in [0.29, 0.717) is 25.1 Å². The molecule has 1 saturated heterocycles. The lowest BCUT2D eigenvalue weighted by Gasteiger charge is -2.21. The van der Waals surface area contributed by atoms with E-state index >= 15 is 0 Å². The number of nitrogens with two attached hydrogens (primary N) is 1. The molecular formula is C16H34IN5O2. The number of ether oxygens (including phenoxy) is 1. The summed E-state index contributed by atoms with van der Waals surface area (Å²) in [6.07, 6.45) is 2.82. The van der Waals surface area contributed by atoms with Gasteiger partial charge in [-0.1, -0.05) is 6.92 Å². The monoisotopic (exact) mass is 455 g/mol. The Balaban J connectivity index is 0.00000529. The van der Waals surface area contributed by atoms with Gasteiger partial charge in [0.25, 0.3) is 0 Å². The minimum absolute atomic E-state index is 0. The van der Waals surface area contributed by atoms with Crippen LogP contribution in [-0.4, -0.2) is 61.3 Å². The Hall–Kier alpha value is -0.770. The molecule has 1 rings (SSSR count). The van der Waals surface area contributed by atoms with Crippen LogP contribution >= 0.6 is 24.0 Å². The van der Waals surface area contributed by atoms with E-state index in [0.717, 1.165) is 19.5 Å². The third-order valence-electron chi connectivity index (χ3n) is 3.71. The molecule has 4 N–H and O–H groups in total. The van der Waals surface area contributed by atoms with E-state index in [1.165, 1.54) is 19.4 Å². The number of amides is 1. The predicted molar refractivity (Wildman–Crippen MR) is 109 cm³/mol. The van der Waals surface area contributed by atoms with Gasteiger partial charge in [-0.15, -0.1) is 24.0 Å². The Morgan fingerprint density at radius 3 is 2.62 bits per heavy atom. The number of nitrogens with one attached hydrogen (secondary N) is 2. The van der Waals surface area contributed by atoms with E-state index in [4.69, 9.17) is 10.5 Å². The number of likely N-dealkylation sites (tertiary alicyclic amines) is 1. The topological polar surface area (TPSA) is 92.0 Å². The molecule has 1 atom stereocenters. The van der Waals surface area contributed by atoms with Crippen LogP contribution in [0.5, 0.6) is 0 Å². The summed E-state index contributed by atoms with van der Waals surface area (Å²) in [6, 6.07) is 0.522. The number of hydrogen-bond acceptors (Lipinski definition) is 4. The van der Waals surface area contributed by atoms with Crippen LogP contribution in [0.25, 0.3) is 0 Å². The second kappa shape index (κ2) is 11.7. The highest BCUT2D eigenvalue weighted by Crippen LogP contribution is 2.16. The molecule has 0 aromatic heterocycles. The highest BCUT2D eigenvalue weighted by atomic mass is 127. The van der Waals surface area contributed by atoms with Gasteiger partial charge in [0.2, 0.25) is 0 Å². The third kappa shape index (κ3) is 10.2. The summed E-state index contributed by atoms with van der Waals surface area (Å²) in [5, 5.41) is 5.79. The Kier molecular flexibility index (Phi) is 11.4. The Bertz CT molecular complexity index is 398. The van der Waals surface area contributed by atoms with Gasteiger partial charge >= 0.3 is 6.09 Å². The van der Waals surface area contributed by atoms with Crippen molar-refractivity contribution in [1.82, 2.24) is 15.5 Å². The van der Waals surface area contributed by atoms with Gasteiger partial charge in [0, 0.05) is 19.1 Å². The lowest BCUT2D eigenvalue weighted by Crippen LogP contribution is -2.37. The van der Waals surface area contributed by atoms with Gasteiger partial charge in [0.15, 0.2) is 5.96 Å². The normalized spacial score (nSPS) is 18.8. The Morgan fingerprint density at radius 2 is 2.00 bits per heavy atom. The molecular weight excluding hydrogens is 421 g/mol. The predicted octanol–water partition coefficient (Wildman–Crippen LogP) is 1.91. The first kappa shape index (κ1) is 23.2. The molecule has 0 aromatic rings. The maximum Gasteiger partial charge on any atom is 0.407 e. The summed E-state index contributed by atoms with van der Waals surface area (Å²) >= 11 is 0. The molecule has 142 valence electrons. The summed E-state index contributed by atoms with van der Waals surface area (Å²) in [5.74, 6) is 0.477. The van der Waals surface area contributed by atoms with Crippen LogP contribution in [0.1, 0.15) is 47.0 Å². The van der Waals surface area contributed by atoms with Gasteiger partial charge in [0.1, 0.15) is 5.60 Å². The fourth-order valence-electron chi connectivity index (χ4n) is 2.59. The molecule has 0 saturated carbocycles. The summed E-state index contributed by atoms with van der Waals surface area (Å²) in [7, 11) is 0. The summed E-state index contributed by atoms with van der Waals surface area (Å²) in [6.45, 7) is 11.9. The summed E-state index contributed by atoms with van der Waals surface area (Å²) in [5.41, 5.74) is 5.41. The standard InChI is InChI=1S/C16H33N5O2.HI/c1-5-21-11-6-8-13(21)12-20-14(17)18-9-7-10-19-15(22)23-16(2,3)4;/h13H,5-12H2,1-4H3,(H,19,22)(H3,17,18,20);1H. The van der Waals surface area contributed by atoms with Crippen molar-refractivity contribution < 1.29 is 9.53 Å². The van der Waals surface area contributed by atoms with Crippen molar-refractivity contribution in [2.75, 3.05) is 32.7 Å². The second-order valence-electron chi connectivity index (χ2n) is 6.86. The van der Waals surface area contributed by atoms with E-state index < -0.39 is 5.60 Å². The zero-order valence-corrected chi connectivity index (χ0v) is 17.8. The van der Waals surface area contributed by atoms with Crippen LogP contribution in [0.3, 0.4) is 0 Å². The smallest absolute Gasteiger partial charge is 0.407 e. The van der Waals surface area contributed by atoms with Crippen LogP contribution in [-0.2, 0) is 4.74 Å². The molecule has 0 aromatic carbocycles. The van der Waals surface area contributed by atoms with Crippen molar-refractivity contribution in [3.8, 4) is 0 Å². The lowest BCUT2D eigenvalue weighted by atomic mass is 10.2. The number of alkyl carbamates (subject to hydrolysis) is 1. The first-order valence-electron chi connectivity index (χ1n) is 8.56. The largest absolute Gasteiger partial charge is 0.444 e. The van der Waals surface area contributed by atoms with Crippen molar-refractivity contribution in [2.24, 2.45) is 10.7 Å². The molecule has 1 fully saturated rings. The van der Waals surface area contributed by atoms with Gasteiger partial charge in [-0.25, -0.2) is 4.79 Å². The first-order chi connectivity index (χ1) is 10.8. The molecule has 0 spiro atoms. The van der Waals surface area contributed by atoms with Crippen molar-refractivity contribution in [3.05, 3.63) is 0 Å². The molecule has 1 aliphatic rings. The number of carbonyl (C=O) groups is 1. The van der Waals surface area contributed by atoms with Crippen LogP contribution < -0.4 is 16.4 Å². The van der Waals surface area contributed by atoms with E-state index in [9.17, 15) is 4.79 Å². The molecule has 1 aliphatic heterocycles. The minimum atomic E-state index is -0.466. The molecule has 1 heterocycles. The first-order valence-corrected chi connectivity index (χ1v) is 8.56. The van der Waals surface area contributed by atoms with Crippen molar-refractivity contribution in [1.29, 1.82) is 0 Å². The zero-order valence-electron chi connectivity index (χ0n) is 15.4. The number of rotatable bonds is 7. The van der Waals surface area contributed by atoms with E-state index in [-0.39, 0.29) is 30.1 Å². The SMILES string of the molecule is CCN1CCCC1CN=C(N)NCCCNC(=O)OC(C)(C)C.I. The summed E-state index contributed by atoms with van der Waals surface area (Å²) < 4.78 is 5.16. The molecule has 7 nitrogen and oxygen atoms in total. The molecule has 0 aliphatic carbocycles. The van der Waals surface area contributed by atoms with Crippen LogP contribution in [0.4, 0.5) is 4.79 Å². The maximum atomic E-state index is 11.5. The molecule has 8 heteroatoms. The maximum absolute atomic E-state index is 11.5. The van der Waals surface area contributed by atoms with Crippen molar-refractivity contribution in [2.45, 2.75) is 58.6 Å². The quantitative estimate of drug-likeness (QED) is 0.236. The van der Waals surface area contributed by atoms with Crippen LogP contribution in [0, 0.1) is 0 Å². The average molecular weight is 455 g/mol. The fourth-order valence-corrected chi connectivity index (χ4v) is 2.59. The summed E-state index contributed by atoms with van der Waals surface area (Å²) in [4.78, 5) is 18.3. The van der Waals surface area contributed by atoms with E-state index in [2.05, 4.69) is 27.4 Å². The Labute approximate surface area is 163 Å². The van der Waals surface area contributed by atoms with E-state index in [1.54, 1.807) is 0 Å². The van der Waals surface area contributed by atoms with Gasteiger partial charge in [-0.2, -0.15) is 0 Å². The number of likely N-dealkylation sites (N-methyl/N-ethyl adjacent to an activating group) is 1. The lowest BCUT2D eigenvalue weighted by molar-refractivity contribution is 0.0527. The van der Waals surface area contributed by atoms with Crippen LogP contribution in [0.15, 0.2) is 4.99 Å². The number of aliphatic imine (C=N–C) groups is 1. The number of carbonyl (C=O) groups excluding carboxylic acids is 1. The van der Waals surface area contributed by atoms with Gasteiger partial charge in [-0.3, -0.25) is 9.89 Å². The minimum Gasteiger partial charge on any atom is -0.444 e. The zero-order chi connectivity index (χ0) is 17.3. The third-order valence-corrected chi connectivity index (χ3v) is 3.71. The average Bonchev–Trinajstić information content (AvgIpc) is 2.90. The van der Waals surface area contributed by atoms with Crippen molar-refractivity contribution in [3.63, 3.8) is 0 Å². The van der Waals surface area contributed by atoms with Gasteiger partial charge in [0.05, 0.1) is 6.54 Å². The molecule has 1 amide bonds. The van der Waals surface area contributed by atoms with E-state index in [1.807, 2.05) is 20.8 Å². The highest BCUT2D eigenvalue weighted by Gasteiger charge is 2.22. The van der Waals surface area contributed by atoms with Crippen LogP contribution in [0.2, 0.25) is 0 Å². The molecule has 1 unspecified atom stereocenters. The van der Waals surface area contributed by atoms with Gasteiger partial charge < -0.3 is 21.1 Å². The fraction of sp³-hybridized carbons (Fsp3) is 0.875. The Morgan fingerprint density at radius 1 is 1.33 bits per heavy atom. The number of hydrogen-bond donors (Lipinski definition) is 3.